The molecule has 0 bridgehead atoms. The second kappa shape index (κ2) is 10.4. The molecule has 0 atom stereocenters. The van der Waals surface area contributed by atoms with E-state index in [1.165, 1.54) is 97.1 Å². The van der Waals surface area contributed by atoms with Gasteiger partial charge in [-0.05, 0) is 59.7 Å². The highest BCUT2D eigenvalue weighted by Gasteiger charge is 2.26. The van der Waals surface area contributed by atoms with Crippen molar-refractivity contribution in [3.63, 3.8) is 0 Å². The Kier molecular flexibility index (Phi) is 7.56. The molecular weight excluding hydrogens is 573 g/mol. The first-order chi connectivity index (χ1) is 17.8. The van der Waals surface area contributed by atoms with E-state index in [-0.39, 0.29) is 30.7 Å². The fourth-order valence-electron chi connectivity index (χ4n) is 3.37. The van der Waals surface area contributed by atoms with E-state index < -0.39 is 40.1 Å². The molecule has 0 amide bonds. The monoisotopic (exact) mass is 592 g/mol. The maximum absolute atomic E-state index is 12.9. The van der Waals surface area contributed by atoms with Crippen molar-refractivity contribution in [2.24, 2.45) is 0 Å². The van der Waals surface area contributed by atoms with Crippen LogP contribution in [0.3, 0.4) is 0 Å². The quantitative estimate of drug-likeness (QED) is 0.300. The molecule has 4 aromatic rings. The highest BCUT2D eigenvalue weighted by atomic mass is 32.3. The van der Waals surface area contributed by atoms with E-state index in [0.29, 0.717) is 0 Å². The van der Waals surface area contributed by atoms with Crippen molar-refractivity contribution in [1.82, 2.24) is 8.25 Å². The number of nitrogens with one attached hydrogen (secondary N) is 2. The molecule has 0 saturated carbocycles. The largest absolute Gasteiger partial charge is 0.253 e. The molecule has 0 spiro atoms. The molecule has 0 heterocycles. The zero-order chi connectivity index (χ0) is 27.6. The molecule has 14 heteroatoms. The average molecular weight is 593 g/mol. The standard InChI is InChI=1S/C24H20N2O8S4/c27-35(28,21-11-3-1-4-12-21)25-37(31,32)23-15-7-9-19(17-23)20-10-8-16-24(18-20)38(33,34)26-36(29,30)22-13-5-2-6-14-22/h1-18,25-26H. The summed E-state index contributed by atoms with van der Waals surface area (Å²) in [5, 5.41) is 0. The van der Waals surface area contributed by atoms with Crippen LogP contribution in [-0.2, 0) is 40.1 Å². The third-order valence-electron chi connectivity index (χ3n) is 5.17. The van der Waals surface area contributed by atoms with Crippen LogP contribution in [0.15, 0.2) is 129 Å². The predicted molar refractivity (Wildman–Crippen MR) is 140 cm³/mol. The first kappa shape index (κ1) is 27.6. The van der Waals surface area contributed by atoms with E-state index >= 15 is 0 Å². The predicted octanol–water partition coefficient (Wildman–Crippen LogP) is 2.69. The molecule has 0 aliphatic carbocycles. The van der Waals surface area contributed by atoms with Crippen LogP contribution in [-0.4, -0.2) is 33.7 Å². The summed E-state index contributed by atoms with van der Waals surface area (Å²) in [7, 11) is -17.9. The SMILES string of the molecule is O=S(=O)(NS(=O)(=O)c1cccc(-c2cccc(S(=O)(=O)NS(=O)(=O)c3ccccc3)c2)c1)c1ccccc1. The van der Waals surface area contributed by atoms with Crippen LogP contribution in [0.1, 0.15) is 0 Å². The highest BCUT2D eigenvalue weighted by molar-refractivity contribution is 8.05. The van der Waals surface area contributed by atoms with Crippen LogP contribution >= 0.6 is 0 Å². The normalized spacial score (nSPS) is 12.7. The lowest BCUT2D eigenvalue weighted by Crippen LogP contribution is -2.30. The van der Waals surface area contributed by atoms with Gasteiger partial charge in [-0.15, -0.1) is 8.25 Å². The van der Waals surface area contributed by atoms with Crippen molar-refractivity contribution in [3.8, 4) is 11.1 Å². The van der Waals surface area contributed by atoms with Crippen molar-refractivity contribution in [2.45, 2.75) is 19.6 Å². The molecule has 0 unspecified atom stereocenters. The number of sulfonamides is 4. The van der Waals surface area contributed by atoms with Gasteiger partial charge in [0.2, 0.25) is 0 Å². The lowest BCUT2D eigenvalue weighted by Gasteiger charge is -2.11. The summed E-state index contributed by atoms with van der Waals surface area (Å²) in [6.45, 7) is 0. The molecule has 0 aliphatic rings. The Morgan fingerprint density at radius 2 is 0.632 bits per heavy atom. The van der Waals surface area contributed by atoms with Gasteiger partial charge < -0.3 is 0 Å². The summed E-state index contributed by atoms with van der Waals surface area (Å²) in [4.78, 5) is -1.24. The Bertz CT molecular complexity index is 1770. The fourth-order valence-corrected chi connectivity index (χ4v) is 9.33. The third kappa shape index (κ3) is 6.18. The summed E-state index contributed by atoms with van der Waals surface area (Å²) in [5.74, 6) is 0. The molecule has 198 valence electrons. The maximum atomic E-state index is 12.9. The summed E-state index contributed by atoms with van der Waals surface area (Å²) < 4.78 is 105. The summed E-state index contributed by atoms with van der Waals surface area (Å²) in [5.41, 5.74) is 0.487. The number of hydrogen-bond donors (Lipinski definition) is 2. The molecular formula is C24H20N2O8S4. The molecule has 0 radical (unpaired) electrons. The average Bonchev–Trinajstić information content (AvgIpc) is 2.89. The third-order valence-corrected chi connectivity index (χ3v) is 12.2. The minimum Gasteiger partial charge on any atom is -0.206 e. The summed E-state index contributed by atoms with van der Waals surface area (Å²) in [6, 6.07) is 24.3. The van der Waals surface area contributed by atoms with E-state index in [0.717, 1.165) is 0 Å². The zero-order valence-electron chi connectivity index (χ0n) is 19.3. The Balaban J connectivity index is 1.64. The van der Waals surface area contributed by atoms with Crippen molar-refractivity contribution in [2.75, 3.05) is 0 Å². The Morgan fingerprint density at radius 3 is 0.974 bits per heavy atom. The molecule has 2 N–H and O–H groups in total. The van der Waals surface area contributed by atoms with E-state index in [4.69, 9.17) is 0 Å². The van der Waals surface area contributed by atoms with Crippen molar-refractivity contribution >= 4 is 40.1 Å². The van der Waals surface area contributed by atoms with Crippen molar-refractivity contribution < 1.29 is 33.7 Å². The second-order valence-corrected chi connectivity index (χ2v) is 15.1. The van der Waals surface area contributed by atoms with Crippen LogP contribution in [0.25, 0.3) is 11.1 Å². The van der Waals surface area contributed by atoms with Crippen LogP contribution in [0.5, 0.6) is 0 Å². The van der Waals surface area contributed by atoms with Gasteiger partial charge >= 0.3 is 0 Å². The van der Waals surface area contributed by atoms with Crippen LogP contribution in [0.4, 0.5) is 0 Å². The first-order valence-electron chi connectivity index (χ1n) is 10.7. The molecule has 0 aromatic heterocycles. The Labute approximate surface area is 221 Å². The first-order valence-corrected chi connectivity index (χ1v) is 16.6. The minimum atomic E-state index is -4.54. The van der Waals surface area contributed by atoms with Gasteiger partial charge in [0, 0.05) is 0 Å². The van der Waals surface area contributed by atoms with E-state index in [9.17, 15) is 33.7 Å². The van der Waals surface area contributed by atoms with Gasteiger partial charge in [0.25, 0.3) is 40.1 Å². The van der Waals surface area contributed by atoms with Gasteiger partial charge in [-0.2, -0.15) is 0 Å². The zero-order valence-corrected chi connectivity index (χ0v) is 22.6. The van der Waals surface area contributed by atoms with E-state index in [1.54, 1.807) is 20.4 Å². The van der Waals surface area contributed by atoms with Gasteiger partial charge in [0.05, 0.1) is 19.6 Å². The van der Waals surface area contributed by atoms with E-state index in [1.807, 2.05) is 0 Å². The van der Waals surface area contributed by atoms with Gasteiger partial charge in [-0.3, -0.25) is 0 Å². The Hall–Kier alpha value is -3.40. The molecule has 10 nitrogen and oxygen atoms in total. The van der Waals surface area contributed by atoms with Gasteiger partial charge in [-0.25, -0.2) is 33.7 Å². The Morgan fingerprint density at radius 1 is 0.342 bits per heavy atom. The molecule has 4 rings (SSSR count). The smallest absolute Gasteiger partial charge is 0.206 e. The van der Waals surface area contributed by atoms with Gasteiger partial charge in [-0.1, -0.05) is 60.7 Å². The maximum Gasteiger partial charge on any atom is 0.253 e. The second-order valence-electron chi connectivity index (χ2n) is 7.86. The molecule has 0 fully saturated rings. The topological polar surface area (TPSA) is 161 Å². The lowest BCUT2D eigenvalue weighted by molar-refractivity contribution is 0.573. The summed E-state index contributed by atoms with van der Waals surface area (Å²) in [6.07, 6.45) is 0. The molecule has 0 aliphatic heterocycles. The molecule has 38 heavy (non-hydrogen) atoms. The van der Waals surface area contributed by atoms with Crippen molar-refractivity contribution in [3.05, 3.63) is 109 Å². The fraction of sp³-hybridized carbons (Fsp3) is 0. The van der Waals surface area contributed by atoms with Crippen LogP contribution in [0.2, 0.25) is 0 Å². The lowest BCUT2D eigenvalue weighted by atomic mass is 10.1. The minimum absolute atomic E-state index is 0.240. The van der Waals surface area contributed by atoms with Crippen LogP contribution < -0.4 is 8.25 Å². The highest BCUT2D eigenvalue weighted by Crippen LogP contribution is 2.26. The van der Waals surface area contributed by atoms with E-state index in [2.05, 4.69) is 0 Å². The van der Waals surface area contributed by atoms with Gasteiger partial charge in [0.15, 0.2) is 0 Å². The molecule has 0 saturated heterocycles. The van der Waals surface area contributed by atoms with Crippen molar-refractivity contribution in [1.29, 1.82) is 0 Å². The number of hydrogen-bond acceptors (Lipinski definition) is 8. The molecule has 4 aromatic carbocycles. The summed E-state index contributed by atoms with van der Waals surface area (Å²) >= 11 is 0. The van der Waals surface area contributed by atoms with Crippen LogP contribution in [0, 0.1) is 0 Å². The number of rotatable bonds is 9. The number of benzene rings is 4. The van der Waals surface area contributed by atoms with Gasteiger partial charge in [0.1, 0.15) is 0 Å².